The highest BCUT2D eigenvalue weighted by molar-refractivity contribution is 7.90. The van der Waals surface area contributed by atoms with Gasteiger partial charge in [0.1, 0.15) is 17.2 Å². The molecule has 12 rings (SSSR count). The van der Waals surface area contributed by atoms with E-state index in [2.05, 4.69) is 36.0 Å². The van der Waals surface area contributed by atoms with Crippen molar-refractivity contribution in [3.8, 4) is 17.2 Å². The van der Waals surface area contributed by atoms with E-state index in [4.69, 9.17) is 18.9 Å². The van der Waals surface area contributed by atoms with Crippen molar-refractivity contribution in [2.75, 3.05) is 71.4 Å². The number of benzene rings is 6. The number of fused-ring (bicyclic) bond motifs is 6. The maximum Gasteiger partial charge on any atom is 0.416 e. The SMILES string of the molecule is COCCN1Cc2ccc(NC(=O)/C=C3\CCCOc4cc(C(F)(F)F)ccc43)cc2NC1=O.O=C(/C=C1\CCCOc2cc(C(F)(F)F)ccc21)Nc1ccc2c(c1)NS(=O)(=O)NC2.O=C(/C=C1\CCCOc2cc(C(F)(F)F)ccc21)Nc1cccc2c1CCC(=O)N2. The Morgan fingerprint density at radius 1 is 0.558 bits per heavy atom. The van der Waals surface area contributed by atoms with Gasteiger partial charge >= 0.3 is 24.6 Å². The fourth-order valence-electron chi connectivity index (χ4n) is 11.0. The number of halogens is 9. The second-order valence-electron chi connectivity index (χ2n) is 22.4. The van der Waals surface area contributed by atoms with Gasteiger partial charge in [-0.25, -0.2) is 4.79 Å². The van der Waals surface area contributed by atoms with Gasteiger partial charge in [0.25, 0.3) is 10.2 Å². The number of allylic oxidation sites excluding steroid dienone is 3. The minimum absolute atomic E-state index is 0.0682. The molecule has 6 aromatic rings. The van der Waals surface area contributed by atoms with E-state index in [1.54, 1.807) is 54.5 Å². The molecule has 6 amide bonds. The van der Waals surface area contributed by atoms with E-state index in [1.807, 2.05) is 6.07 Å². The molecule has 6 aliphatic heterocycles. The van der Waals surface area contributed by atoms with Crippen LogP contribution in [0.15, 0.2) is 127 Å². The minimum atomic E-state index is -4.49. The molecule has 0 radical (unpaired) electrons. The summed E-state index contributed by atoms with van der Waals surface area (Å²) >= 11 is 0. The fourth-order valence-corrected chi connectivity index (χ4v) is 11.9. The molecule has 0 spiro atoms. The highest BCUT2D eigenvalue weighted by Gasteiger charge is 2.35. The lowest BCUT2D eigenvalue weighted by Gasteiger charge is -2.29. The van der Waals surface area contributed by atoms with E-state index in [9.17, 15) is 71.9 Å². The standard InChI is InChI=1S/C24H24F3N3O4.C22H19F3N2O3.C20H18F3N3O4S/c1-33-10-8-30-14-16-4-6-18(13-20(16)29-23(30)32)28-22(31)11-15-3-2-9-34-21-12-17(24(25,26)27)5-7-19(15)21;23-22(24,25)14-6-7-15-13(3-2-10-30-19(15)12-14)11-21(29)27-18-5-1-4-17-16(18)8-9-20(28)26-17;21-20(22,23)14-4-6-16-12(2-1-7-30-18(16)9-14)8-19(27)25-15-5-3-13-11-24-31(28,29)26-17(13)10-15/h4-7,11-13H,2-3,8-10,14H2,1H3,(H,28,31)(H,29,32);1,4-7,11-12H,2-3,8-10H2,(H,26,28)(H,27,29);3-6,8-10,24,26H,1-2,7,11H2,(H,25,27)/b15-11+;13-11+;12-8+. The minimum Gasteiger partial charge on any atom is -0.493 e. The first-order valence-corrected chi connectivity index (χ1v) is 31.2. The number of urea groups is 1. The van der Waals surface area contributed by atoms with Crippen LogP contribution < -0.4 is 50.2 Å². The van der Waals surface area contributed by atoms with Crippen LogP contribution >= 0.6 is 0 Å². The number of alkyl halides is 9. The van der Waals surface area contributed by atoms with Crippen molar-refractivity contribution in [2.24, 2.45) is 0 Å². The molecule has 0 atom stereocenters. The molecule has 6 aromatic carbocycles. The Morgan fingerprint density at radius 3 is 1.52 bits per heavy atom. The summed E-state index contributed by atoms with van der Waals surface area (Å²) in [6.45, 7) is 2.24. The van der Waals surface area contributed by atoms with E-state index in [-0.39, 0.29) is 61.5 Å². The summed E-state index contributed by atoms with van der Waals surface area (Å²) in [5.41, 5.74) is 6.34. The van der Waals surface area contributed by atoms with Gasteiger partial charge in [0.2, 0.25) is 23.6 Å². The lowest BCUT2D eigenvalue weighted by Crippen LogP contribution is -2.40. The third-order valence-corrected chi connectivity index (χ3v) is 16.7. The zero-order chi connectivity index (χ0) is 67.8. The topological polar surface area (TPSA) is 244 Å². The van der Waals surface area contributed by atoms with Crippen LogP contribution in [0, 0.1) is 0 Å². The Bertz CT molecular complexity index is 4190. The molecule has 500 valence electrons. The molecule has 6 aliphatic rings. The maximum atomic E-state index is 13.1. The second kappa shape index (κ2) is 28.8. The van der Waals surface area contributed by atoms with Gasteiger partial charge in [-0.1, -0.05) is 36.4 Å². The Balaban J connectivity index is 0.000000156. The molecule has 0 bridgehead atoms. The molecule has 0 saturated carbocycles. The van der Waals surface area contributed by atoms with E-state index in [0.29, 0.717) is 139 Å². The summed E-state index contributed by atoms with van der Waals surface area (Å²) < 4.78 is 167. The third kappa shape index (κ3) is 17.5. The van der Waals surface area contributed by atoms with Crippen molar-refractivity contribution in [3.05, 3.63) is 177 Å². The third-order valence-electron chi connectivity index (χ3n) is 15.6. The van der Waals surface area contributed by atoms with Crippen molar-refractivity contribution in [2.45, 2.75) is 83.0 Å². The molecule has 0 aromatic heterocycles. The molecule has 0 unspecified atom stereocenters. The summed E-state index contributed by atoms with van der Waals surface area (Å²) in [7, 11) is -2.06. The van der Waals surface area contributed by atoms with E-state index >= 15 is 0 Å². The second-order valence-corrected chi connectivity index (χ2v) is 23.9. The number of hydrogen-bond donors (Lipinski definition) is 7. The van der Waals surface area contributed by atoms with Crippen LogP contribution in [-0.4, -0.2) is 83.1 Å². The number of amides is 6. The van der Waals surface area contributed by atoms with Crippen molar-refractivity contribution < 1.29 is 90.9 Å². The Morgan fingerprint density at radius 2 is 1.03 bits per heavy atom. The van der Waals surface area contributed by atoms with Crippen molar-refractivity contribution >= 4 is 90.7 Å². The van der Waals surface area contributed by atoms with Crippen LogP contribution in [0.4, 0.5) is 78.4 Å². The van der Waals surface area contributed by atoms with Crippen LogP contribution in [0.1, 0.15) is 95.0 Å². The summed E-state index contributed by atoms with van der Waals surface area (Å²) in [6.07, 6.45) is -5.31. The fraction of sp³-hybridized carbons (Fsp3) is 0.288. The Labute approximate surface area is 538 Å². The molecular formula is C66H61F9N8O11S. The van der Waals surface area contributed by atoms with Crippen molar-refractivity contribution in [1.82, 2.24) is 9.62 Å². The number of nitrogens with one attached hydrogen (secondary N) is 7. The van der Waals surface area contributed by atoms with E-state index in [0.717, 1.165) is 53.1 Å². The summed E-state index contributed by atoms with van der Waals surface area (Å²) in [5.74, 6) is -1.04. The van der Waals surface area contributed by atoms with Gasteiger partial charge in [-0.15, -0.1) is 0 Å². The van der Waals surface area contributed by atoms with Crippen molar-refractivity contribution in [3.63, 3.8) is 0 Å². The number of ether oxygens (including phenoxy) is 4. The van der Waals surface area contributed by atoms with Gasteiger partial charge < -0.3 is 50.4 Å². The van der Waals surface area contributed by atoms with Crippen LogP contribution in [0.5, 0.6) is 17.2 Å². The van der Waals surface area contributed by atoms with Crippen LogP contribution in [0.2, 0.25) is 0 Å². The average Bonchev–Trinajstić information content (AvgIpc) is 1.80. The van der Waals surface area contributed by atoms with Gasteiger partial charge in [-0.05, 0) is 151 Å². The average molecular weight is 1350 g/mol. The van der Waals surface area contributed by atoms with Crippen molar-refractivity contribution in [1.29, 1.82) is 0 Å². The molecule has 0 fully saturated rings. The number of carbonyl (C=O) groups is 5. The molecule has 19 nitrogen and oxygen atoms in total. The number of anilines is 6. The largest absolute Gasteiger partial charge is 0.493 e. The predicted octanol–water partition coefficient (Wildman–Crippen LogP) is 13.3. The zero-order valence-electron chi connectivity index (χ0n) is 50.5. The van der Waals surface area contributed by atoms with Gasteiger partial charge in [-0.3, -0.25) is 23.9 Å². The number of rotatable bonds is 9. The summed E-state index contributed by atoms with van der Waals surface area (Å²) in [4.78, 5) is 63.4. The van der Waals surface area contributed by atoms with Gasteiger partial charge in [-0.2, -0.15) is 52.7 Å². The first-order chi connectivity index (χ1) is 45.2. The zero-order valence-corrected chi connectivity index (χ0v) is 51.3. The molecule has 0 saturated heterocycles. The Kier molecular flexibility index (Phi) is 20.6. The quantitative estimate of drug-likeness (QED) is 0.0530. The first-order valence-electron chi connectivity index (χ1n) is 29.7. The monoisotopic (exact) mass is 1340 g/mol. The van der Waals surface area contributed by atoms with Gasteiger partial charge in [0.05, 0.1) is 48.8 Å². The van der Waals surface area contributed by atoms with E-state index in [1.165, 1.54) is 42.5 Å². The summed E-state index contributed by atoms with van der Waals surface area (Å²) in [6, 6.07) is 24.9. The first kappa shape index (κ1) is 68.0. The van der Waals surface area contributed by atoms with E-state index < -0.39 is 57.2 Å². The van der Waals surface area contributed by atoms with Gasteiger partial charge in [0.15, 0.2) is 0 Å². The molecule has 6 heterocycles. The number of carbonyl (C=O) groups excluding carboxylic acids is 5. The number of nitrogens with zero attached hydrogens (tertiary/aromatic N) is 1. The molecule has 95 heavy (non-hydrogen) atoms. The van der Waals surface area contributed by atoms with Crippen LogP contribution in [0.25, 0.3) is 16.7 Å². The van der Waals surface area contributed by atoms with Crippen LogP contribution in [-0.2, 0) is 72.2 Å². The Hall–Kier alpha value is -9.87. The lowest BCUT2D eigenvalue weighted by molar-refractivity contribution is -0.138. The molecule has 29 heteroatoms. The predicted molar refractivity (Wildman–Crippen MR) is 335 cm³/mol. The number of hydrogen-bond acceptors (Lipinski definition) is 11. The highest BCUT2D eigenvalue weighted by atomic mass is 32.2. The molecule has 7 N–H and O–H groups in total. The molecular weight excluding hydrogens is 1280 g/mol. The maximum absolute atomic E-state index is 13.1. The lowest BCUT2D eigenvalue weighted by atomic mass is 9.98. The van der Waals surface area contributed by atoms with Gasteiger partial charge in [0, 0.05) is 96.5 Å². The highest BCUT2D eigenvalue weighted by Crippen LogP contribution is 2.42. The smallest absolute Gasteiger partial charge is 0.416 e. The summed E-state index contributed by atoms with van der Waals surface area (Å²) in [5, 5.41) is 13.8. The number of methoxy groups -OCH3 is 1. The van der Waals surface area contributed by atoms with Crippen LogP contribution in [0.3, 0.4) is 0 Å². The molecule has 0 aliphatic carbocycles. The normalized spacial score (nSPS) is 17.6.